The Kier molecular flexibility index (Phi) is 4.89. The van der Waals surface area contributed by atoms with Crippen molar-refractivity contribution in [2.45, 2.75) is 25.2 Å². The Bertz CT molecular complexity index is 569. The van der Waals surface area contributed by atoms with Gasteiger partial charge in [-0.15, -0.1) is 0 Å². The molecule has 0 aliphatic rings. The monoisotopic (exact) mass is 335 g/mol. The molecule has 1 rings (SSSR count). The Balaban J connectivity index is 3.35. The lowest BCUT2D eigenvalue weighted by molar-refractivity contribution is 0.0696. The first-order chi connectivity index (χ1) is 8.29. The molecular weight excluding hydrogens is 322 g/mol. The van der Waals surface area contributed by atoms with E-state index in [0.29, 0.717) is 23.0 Å². The van der Waals surface area contributed by atoms with Crippen LogP contribution in [-0.2, 0) is 10.0 Å². The van der Waals surface area contributed by atoms with E-state index in [1.165, 1.54) is 12.1 Å². The quantitative estimate of drug-likeness (QED) is 0.863. The van der Waals surface area contributed by atoms with E-state index in [2.05, 4.69) is 20.7 Å². The number of aromatic carboxylic acids is 1. The molecule has 0 bridgehead atoms. The van der Waals surface area contributed by atoms with Crippen LogP contribution in [-0.4, -0.2) is 26.0 Å². The van der Waals surface area contributed by atoms with Crippen LogP contribution in [0.2, 0.25) is 0 Å². The van der Waals surface area contributed by atoms with Crippen LogP contribution in [0.5, 0.6) is 0 Å². The Labute approximate surface area is 114 Å². The number of benzene rings is 1. The van der Waals surface area contributed by atoms with E-state index in [1.54, 1.807) is 6.92 Å². The van der Waals surface area contributed by atoms with E-state index in [0.717, 1.165) is 0 Å². The standard InChI is InChI=1S/C11H14BrNO4S/c1-3-4-13-18(16,17)10-6-8(11(14)15)5-9(12)7(10)2/h5-6,13H,3-4H2,1-2H3,(H,14,15). The van der Waals surface area contributed by atoms with Gasteiger partial charge < -0.3 is 5.11 Å². The first-order valence-corrected chi connectivity index (χ1v) is 7.60. The molecule has 100 valence electrons. The summed E-state index contributed by atoms with van der Waals surface area (Å²) in [4.78, 5) is 10.9. The lowest BCUT2D eigenvalue weighted by Gasteiger charge is -2.11. The maximum absolute atomic E-state index is 12.0. The third kappa shape index (κ3) is 3.30. The van der Waals surface area contributed by atoms with Crippen molar-refractivity contribution in [3.05, 3.63) is 27.7 Å². The van der Waals surface area contributed by atoms with Crippen molar-refractivity contribution in [3.63, 3.8) is 0 Å². The predicted octanol–water partition coefficient (Wildman–Crippen LogP) is 2.14. The van der Waals surface area contributed by atoms with Crippen LogP contribution < -0.4 is 4.72 Å². The highest BCUT2D eigenvalue weighted by Gasteiger charge is 2.20. The van der Waals surface area contributed by atoms with Gasteiger partial charge in [0.1, 0.15) is 0 Å². The van der Waals surface area contributed by atoms with Gasteiger partial charge in [-0.05, 0) is 31.0 Å². The number of hydrogen-bond donors (Lipinski definition) is 2. The molecular formula is C11H14BrNO4S. The number of carbonyl (C=O) groups is 1. The van der Waals surface area contributed by atoms with Crippen LogP contribution in [0.15, 0.2) is 21.5 Å². The molecule has 0 heterocycles. The van der Waals surface area contributed by atoms with Crippen molar-refractivity contribution in [2.24, 2.45) is 0 Å². The van der Waals surface area contributed by atoms with Crippen molar-refractivity contribution < 1.29 is 18.3 Å². The first-order valence-electron chi connectivity index (χ1n) is 5.32. The second-order valence-corrected chi connectivity index (χ2v) is 6.37. The highest BCUT2D eigenvalue weighted by Crippen LogP contribution is 2.25. The van der Waals surface area contributed by atoms with Crippen LogP contribution in [0.25, 0.3) is 0 Å². The molecule has 0 atom stereocenters. The molecule has 0 amide bonds. The zero-order valence-corrected chi connectivity index (χ0v) is 12.4. The van der Waals surface area contributed by atoms with Crippen molar-refractivity contribution in [3.8, 4) is 0 Å². The van der Waals surface area contributed by atoms with Crippen molar-refractivity contribution >= 4 is 31.9 Å². The summed E-state index contributed by atoms with van der Waals surface area (Å²) in [6.07, 6.45) is 0.665. The van der Waals surface area contributed by atoms with E-state index in [9.17, 15) is 13.2 Å². The molecule has 18 heavy (non-hydrogen) atoms. The highest BCUT2D eigenvalue weighted by atomic mass is 79.9. The summed E-state index contributed by atoms with van der Waals surface area (Å²) in [5.74, 6) is -1.16. The van der Waals surface area contributed by atoms with Gasteiger partial charge in [0.25, 0.3) is 0 Å². The zero-order valence-electron chi connectivity index (χ0n) is 10.0. The van der Waals surface area contributed by atoms with E-state index in [4.69, 9.17) is 5.11 Å². The highest BCUT2D eigenvalue weighted by molar-refractivity contribution is 9.10. The zero-order chi connectivity index (χ0) is 13.9. The molecule has 0 unspecified atom stereocenters. The van der Waals surface area contributed by atoms with Crippen LogP contribution in [0.4, 0.5) is 0 Å². The lowest BCUT2D eigenvalue weighted by Crippen LogP contribution is -2.25. The molecule has 0 aliphatic carbocycles. The van der Waals surface area contributed by atoms with Gasteiger partial charge in [0.2, 0.25) is 10.0 Å². The van der Waals surface area contributed by atoms with Gasteiger partial charge in [-0.3, -0.25) is 0 Å². The number of halogens is 1. The minimum atomic E-state index is -3.67. The number of rotatable bonds is 5. The number of nitrogens with one attached hydrogen (secondary N) is 1. The second-order valence-electron chi connectivity index (χ2n) is 3.78. The van der Waals surface area contributed by atoms with Crippen LogP contribution in [0.3, 0.4) is 0 Å². The van der Waals surface area contributed by atoms with Crippen LogP contribution in [0.1, 0.15) is 29.3 Å². The maximum Gasteiger partial charge on any atom is 0.335 e. The molecule has 2 N–H and O–H groups in total. The van der Waals surface area contributed by atoms with Gasteiger partial charge in [0, 0.05) is 11.0 Å². The molecule has 5 nitrogen and oxygen atoms in total. The molecule has 0 fully saturated rings. The summed E-state index contributed by atoms with van der Waals surface area (Å²) in [5.41, 5.74) is 0.424. The molecule has 1 aromatic rings. The third-order valence-corrected chi connectivity index (χ3v) is 4.79. The summed E-state index contributed by atoms with van der Waals surface area (Å²) >= 11 is 3.17. The molecule has 0 saturated heterocycles. The Hall–Kier alpha value is -0.920. The van der Waals surface area contributed by atoms with Gasteiger partial charge in [0.05, 0.1) is 10.5 Å². The third-order valence-electron chi connectivity index (χ3n) is 2.38. The van der Waals surface area contributed by atoms with Crippen molar-refractivity contribution in [2.75, 3.05) is 6.54 Å². The predicted molar refractivity (Wildman–Crippen MR) is 71.3 cm³/mol. The van der Waals surface area contributed by atoms with Crippen molar-refractivity contribution in [1.82, 2.24) is 4.72 Å². The summed E-state index contributed by atoms with van der Waals surface area (Å²) in [7, 11) is -3.67. The Morgan fingerprint density at radius 3 is 2.56 bits per heavy atom. The minimum Gasteiger partial charge on any atom is -0.478 e. The van der Waals surface area contributed by atoms with Crippen molar-refractivity contribution in [1.29, 1.82) is 0 Å². The molecule has 0 aromatic heterocycles. The van der Waals surface area contributed by atoms with Gasteiger partial charge in [-0.2, -0.15) is 0 Å². The topological polar surface area (TPSA) is 83.5 Å². The second kappa shape index (κ2) is 5.81. The van der Waals surface area contributed by atoms with Crippen LogP contribution >= 0.6 is 15.9 Å². The fourth-order valence-electron chi connectivity index (χ4n) is 1.37. The Morgan fingerprint density at radius 1 is 1.44 bits per heavy atom. The van der Waals surface area contributed by atoms with Gasteiger partial charge >= 0.3 is 5.97 Å². The molecule has 7 heteroatoms. The molecule has 0 aliphatic heterocycles. The largest absolute Gasteiger partial charge is 0.478 e. The number of carboxylic acid groups (broad SMARTS) is 1. The average Bonchev–Trinajstić information content (AvgIpc) is 2.29. The summed E-state index contributed by atoms with van der Waals surface area (Å²) in [6, 6.07) is 2.55. The van der Waals surface area contributed by atoms with E-state index >= 15 is 0 Å². The number of hydrogen-bond acceptors (Lipinski definition) is 3. The molecule has 0 spiro atoms. The summed E-state index contributed by atoms with van der Waals surface area (Å²) < 4.78 is 26.9. The number of sulfonamides is 1. The van der Waals surface area contributed by atoms with Gasteiger partial charge in [-0.25, -0.2) is 17.9 Å². The van der Waals surface area contributed by atoms with E-state index in [1.807, 2.05) is 6.92 Å². The maximum atomic E-state index is 12.0. The smallest absolute Gasteiger partial charge is 0.335 e. The Morgan fingerprint density at radius 2 is 2.06 bits per heavy atom. The molecule has 1 aromatic carbocycles. The fraction of sp³-hybridized carbons (Fsp3) is 0.364. The van der Waals surface area contributed by atoms with E-state index in [-0.39, 0.29) is 10.5 Å². The normalized spacial score (nSPS) is 11.5. The molecule has 0 radical (unpaired) electrons. The van der Waals surface area contributed by atoms with Crippen LogP contribution in [0, 0.1) is 6.92 Å². The SMILES string of the molecule is CCCNS(=O)(=O)c1cc(C(=O)O)cc(Br)c1C. The average molecular weight is 336 g/mol. The lowest BCUT2D eigenvalue weighted by atomic mass is 10.1. The summed E-state index contributed by atoms with van der Waals surface area (Å²) in [6.45, 7) is 3.78. The number of carboxylic acids is 1. The first kappa shape index (κ1) is 15.1. The summed E-state index contributed by atoms with van der Waals surface area (Å²) in [5, 5.41) is 8.93. The minimum absolute atomic E-state index is 0.0114. The van der Waals surface area contributed by atoms with Gasteiger partial charge in [-0.1, -0.05) is 22.9 Å². The van der Waals surface area contributed by atoms with Gasteiger partial charge in [0.15, 0.2) is 0 Å². The van der Waals surface area contributed by atoms with E-state index < -0.39 is 16.0 Å². The fourth-order valence-corrected chi connectivity index (χ4v) is 3.39. The molecule has 0 saturated carbocycles.